The van der Waals surface area contributed by atoms with Gasteiger partial charge < -0.3 is 10.1 Å². The summed E-state index contributed by atoms with van der Waals surface area (Å²) in [5.41, 5.74) is 1.25. The third kappa shape index (κ3) is 3.21. The van der Waals surface area contributed by atoms with Crippen molar-refractivity contribution < 1.29 is 4.74 Å². The van der Waals surface area contributed by atoms with Gasteiger partial charge in [0, 0.05) is 22.9 Å². The maximum absolute atomic E-state index is 5.44. The fourth-order valence-corrected chi connectivity index (χ4v) is 3.73. The minimum atomic E-state index is 0.340. The Kier molecular flexibility index (Phi) is 4.95. The summed E-state index contributed by atoms with van der Waals surface area (Å²) in [6.45, 7) is 4.56. The van der Waals surface area contributed by atoms with Gasteiger partial charge in [-0.05, 0) is 31.6 Å². The van der Waals surface area contributed by atoms with Crippen LogP contribution in [0.2, 0.25) is 0 Å². The van der Waals surface area contributed by atoms with Gasteiger partial charge in [-0.2, -0.15) is 11.8 Å². The molecule has 1 saturated heterocycles. The second-order valence-corrected chi connectivity index (χ2v) is 6.44. The van der Waals surface area contributed by atoms with Crippen LogP contribution in [0.4, 0.5) is 0 Å². The predicted molar refractivity (Wildman–Crippen MR) is 79.5 cm³/mol. The molecule has 0 amide bonds. The van der Waals surface area contributed by atoms with Crippen molar-refractivity contribution in [3.8, 4) is 5.75 Å². The van der Waals surface area contributed by atoms with Gasteiger partial charge in [0.05, 0.1) is 7.11 Å². The number of para-hydroxylation sites is 1. The lowest BCUT2D eigenvalue weighted by atomic mass is 10.0. The maximum atomic E-state index is 5.44. The first-order valence-electron chi connectivity index (χ1n) is 6.73. The number of rotatable bonds is 4. The Morgan fingerprint density at radius 2 is 2.17 bits per heavy atom. The van der Waals surface area contributed by atoms with Crippen LogP contribution in [0.5, 0.6) is 5.75 Å². The first kappa shape index (κ1) is 13.8. The fraction of sp³-hybridized carbons (Fsp3) is 0.600. The molecular formula is C15H23NOS. The molecule has 3 atom stereocenters. The Morgan fingerprint density at radius 3 is 2.89 bits per heavy atom. The number of hydrogen-bond acceptors (Lipinski definition) is 3. The van der Waals surface area contributed by atoms with Crippen LogP contribution in [0.3, 0.4) is 0 Å². The van der Waals surface area contributed by atoms with Gasteiger partial charge in [0.2, 0.25) is 0 Å². The molecule has 1 aromatic carbocycles. The van der Waals surface area contributed by atoms with E-state index in [2.05, 4.69) is 43.1 Å². The molecule has 1 N–H and O–H groups in total. The second kappa shape index (κ2) is 6.48. The molecule has 100 valence electrons. The van der Waals surface area contributed by atoms with E-state index in [0.29, 0.717) is 17.3 Å². The standard InChI is InChI=1S/C15H23NOS/c1-11(13-7-4-5-9-15(13)17-3)16-14-8-6-10-18-12(14)2/h4-5,7,9,11-12,14,16H,6,8,10H2,1-3H3/t11-,12?,14?/m1/s1. The highest BCUT2D eigenvalue weighted by Gasteiger charge is 2.24. The number of nitrogens with one attached hydrogen (secondary N) is 1. The number of ether oxygens (including phenoxy) is 1. The van der Waals surface area contributed by atoms with Gasteiger partial charge in [-0.1, -0.05) is 25.1 Å². The number of thioether (sulfide) groups is 1. The van der Waals surface area contributed by atoms with Crippen molar-refractivity contribution >= 4 is 11.8 Å². The zero-order valence-corrected chi connectivity index (χ0v) is 12.3. The third-order valence-corrected chi connectivity index (χ3v) is 5.06. The Bertz CT molecular complexity index is 383. The summed E-state index contributed by atoms with van der Waals surface area (Å²) in [6.07, 6.45) is 2.61. The maximum Gasteiger partial charge on any atom is 0.123 e. The molecule has 2 unspecified atom stereocenters. The molecule has 0 saturated carbocycles. The Hall–Kier alpha value is -0.670. The van der Waals surface area contributed by atoms with E-state index < -0.39 is 0 Å². The van der Waals surface area contributed by atoms with Crippen molar-refractivity contribution in [2.45, 2.75) is 44.0 Å². The second-order valence-electron chi connectivity index (χ2n) is 4.95. The van der Waals surface area contributed by atoms with Crippen LogP contribution in [-0.2, 0) is 0 Å². The van der Waals surface area contributed by atoms with Crippen molar-refractivity contribution in [1.29, 1.82) is 0 Å². The van der Waals surface area contributed by atoms with Crippen molar-refractivity contribution in [3.05, 3.63) is 29.8 Å². The summed E-state index contributed by atoms with van der Waals surface area (Å²) in [4.78, 5) is 0. The summed E-state index contributed by atoms with van der Waals surface area (Å²) < 4.78 is 5.44. The van der Waals surface area contributed by atoms with E-state index in [1.165, 1.54) is 24.2 Å². The van der Waals surface area contributed by atoms with Crippen molar-refractivity contribution in [1.82, 2.24) is 5.32 Å². The molecule has 2 rings (SSSR count). The highest BCUT2D eigenvalue weighted by molar-refractivity contribution is 7.99. The summed E-state index contributed by atoms with van der Waals surface area (Å²) in [5.74, 6) is 2.29. The first-order valence-corrected chi connectivity index (χ1v) is 7.78. The van der Waals surface area contributed by atoms with E-state index in [1.807, 2.05) is 12.1 Å². The molecule has 0 radical (unpaired) electrons. The van der Waals surface area contributed by atoms with Crippen LogP contribution < -0.4 is 10.1 Å². The van der Waals surface area contributed by atoms with Gasteiger partial charge in [-0.25, -0.2) is 0 Å². The molecular weight excluding hydrogens is 242 g/mol. The number of benzene rings is 1. The quantitative estimate of drug-likeness (QED) is 0.898. The normalized spacial score (nSPS) is 25.7. The number of hydrogen-bond donors (Lipinski definition) is 1. The molecule has 1 aromatic rings. The van der Waals surface area contributed by atoms with Crippen LogP contribution in [0.15, 0.2) is 24.3 Å². The van der Waals surface area contributed by atoms with Crippen LogP contribution in [0.25, 0.3) is 0 Å². The van der Waals surface area contributed by atoms with Crippen molar-refractivity contribution in [2.24, 2.45) is 0 Å². The number of methoxy groups -OCH3 is 1. The molecule has 1 heterocycles. The zero-order valence-electron chi connectivity index (χ0n) is 11.5. The molecule has 1 aliphatic rings. The highest BCUT2D eigenvalue weighted by atomic mass is 32.2. The topological polar surface area (TPSA) is 21.3 Å². The predicted octanol–water partition coefficient (Wildman–Crippen LogP) is 3.63. The molecule has 0 aliphatic carbocycles. The van der Waals surface area contributed by atoms with E-state index in [-0.39, 0.29) is 0 Å². The average molecular weight is 265 g/mol. The van der Waals surface area contributed by atoms with Gasteiger partial charge in [0.25, 0.3) is 0 Å². The Morgan fingerprint density at radius 1 is 1.39 bits per heavy atom. The lowest BCUT2D eigenvalue weighted by Gasteiger charge is -2.32. The molecule has 0 aromatic heterocycles. The van der Waals surface area contributed by atoms with Gasteiger partial charge in [-0.15, -0.1) is 0 Å². The van der Waals surface area contributed by atoms with Crippen LogP contribution in [0.1, 0.15) is 38.3 Å². The SMILES string of the molecule is COc1ccccc1[C@@H](C)NC1CCCSC1C. The van der Waals surface area contributed by atoms with Crippen LogP contribution in [-0.4, -0.2) is 24.2 Å². The average Bonchev–Trinajstić information content (AvgIpc) is 2.41. The summed E-state index contributed by atoms with van der Waals surface area (Å²) >= 11 is 2.08. The van der Waals surface area contributed by atoms with Crippen LogP contribution in [0, 0.1) is 0 Å². The van der Waals surface area contributed by atoms with E-state index in [1.54, 1.807) is 7.11 Å². The largest absolute Gasteiger partial charge is 0.496 e. The summed E-state index contributed by atoms with van der Waals surface area (Å²) in [5, 5.41) is 4.46. The van der Waals surface area contributed by atoms with Gasteiger partial charge in [-0.3, -0.25) is 0 Å². The molecule has 0 bridgehead atoms. The van der Waals surface area contributed by atoms with E-state index in [9.17, 15) is 0 Å². The lowest BCUT2D eigenvalue weighted by Crippen LogP contribution is -2.40. The zero-order chi connectivity index (χ0) is 13.0. The Balaban J connectivity index is 2.04. The minimum absolute atomic E-state index is 0.340. The minimum Gasteiger partial charge on any atom is -0.496 e. The smallest absolute Gasteiger partial charge is 0.123 e. The van der Waals surface area contributed by atoms with Crippen molar-refractivity contribution in [3.63, 3.8) is 0 Å². The van der Waals surface area contributed by atoms with Gasteiger partial charge in [0.1, 0.15) is 5.75 Å². The third-order valence-electron chi connectivity index (χ3n) is 3.68. The van der Waals surface area contributed by atoms with E-state index in [4.69, 9.17) is 4.74 Å². The fourth-order valence-electron chi connectivity index (χ4n) is 2.58. The molecule has 2 nitrogen and oxygen atoms in total. The molecule has 1 aliphatic heterocycles. The molecule has 1 fully saturated rings. The van der Waals surface area contributed by atoms with E-state index >= 15 is 0 Å². The first-order chi connectivity index (χ1) is 8.72. The molecule has 3 heteroatoms. The van der Waals surface area contributed by atoms with Gasteiger partial charge >= 0.3 is 0 Å². The monoisotopic (exact) mass is 265 g/mol. The van der Waals surface area contributed by atoms with Crippen molar-refractivity contribution in [2.75, 3.05) is 12.9 Å². The van der Waals surface area contributed by atoms with Gasteiger partial charge in [0.15, 0.2) is 0 Å². The highest BCUT2D eigenvalue weighted by Crippen LogP contribution is 2.29. The lowest BCUT2D eigenvalue weighted by molar-refractivity contribution is 0.383. The van der Waals surface area contributed by atoms with Crippen LogP contribution >= 0.6 is 11.8 Å². The Labute approximate surface area is 114 Å². The molecule has 18 heavy (non-hydrogen) atoms. The summed E-state index contributed by atoms with van der Waals surface area (Å²) in [6, 6.07) is 9.24. The molecule has 0 spiro atoms. The van der Waals surface area contributed by atoms with E-state index in [0.717, 1.165) is 5.75 Å². The summed E-state index contributed by atoms with van der Waals surface area (Å²) in [7, 11) is 1.74.